The minimum atomic E-state index is -0.976. The molecule has 1 heterocycles. The molecule has 1 unspecified atom stereocenters. The van der Waals surface area contributed by atoms with Gasteiger partial charge in [-0.25, -0.2) is 9.59 Å². The van der Waals surface area contributed by atoms with Crippen LogP contribution in [0.25, 0.3) is 11.1 Å². The predicted molar refractivity (Wildman–Crippen MR) is 141 cm³/mol. The van der Waals surface area contributed by atoms with Gasteiger partial charge in [0.15, 0.2) is 0 Å². The van der Waals surface area contributed by atoms with E-state index < -0.39 is 29.7 Å². The monoisotopic (exact) mass is 486 g/mol. The third-order valence-corrected chi connectivity index (χ3v) is 6.84. The molecule has 0 saturated carbocycles. The van der Waals surface area contributed by atoms with E-state index in [4.69, 9.17) is 4.74 Å². The molecule has 1 aliphatic heterocycles. The van der Waals surface area contributed by atoms with Crippen LogP contribution in [-0.2, 0) is 11.3 Å². The van der Waals surface area contributed by atoms with Gasteiger partial charge in [-0.3, -0.25) is 0 Å². The number of rotatable bonds is 5. The van der Waals surface area contributed by atoms with Crippen LogP contribution >= 0.6 is 0 Å². The first-order valence-electron chi connectivity index (χ1n) is 12.4. The van der Waals surface area contributed by atoms with Crippen LogP contribution < -0.4 is 5.32 Å². The number of carbonyl (C=O) groups excluding carboxylic acids is 1. The summed E-state index contributed by atoms with van der Waals surface area (Å²) in [4.78, 5) is 26.7. The highest BCUT2D eigenvalue weighted by Gasteiger charge is 2.47. The van der Waals surface area contributed by atoms with Gasteiger partial charge < -0.3 is 20.1 Å². The summed E-state index contributed by atoms with van der Waals surface area (Å²) in [5.74, 6) is -0.0715. The number of likely N-dealkylation sites (tertiary alicyclic amines) is 1. The molecular formula is C30H34N2O4. The van der Waals surface area contributed by atoms with Gasteiger partial charge in [0.1, 0.15) is 6.61 Å². The van der Waals surface area contributed by atoms with Crippen molar-refractivity contribution in [1.82, 2.24) is 10.2 Å². The highest BCUT2D eigenvalue weighted by molar-refractivity contribution is 5.70. The van der Waals surface area contributed by atoms with Gasteiger partial charge in [-0.2, -0.15) is 0 Å². The first kappa shape index (κ1) is 25.3. The number of amides is 2. The van der Waals surface area contributed by atoms with Crippen LogP contribution in [-0.4, -0.2) is 40.8 Å². The summed E-state index contributed by atoms with van der Waals surface area (Å²) >= 11 is 0. The number of carboxylic acid groups (broad SMARTS) is 1. The normalized spacial score (nSPS) is 20.0. The van der Waals surface area contributed by atoms with Crippen molar-refractivity contribution in [2.45, 2.75) is 51.8 Å². The summed E-state index contributed by atoms with van der Waals surface area (Å²) in [7, 11) is 0. The molecule has 4 rings (SSSR count). The molecule has 3 atom stereocenters. The number of nitrogens with one attached hydrogen (secondary N) is 1. The molecule has 188 valence electrons. The van der Waals surface area contributed by atoms with E-state index in [1.54, 1.807) is 0 Å². The Balaban J connectivity index is 1.65. The summed E-state index contributed by atoms with van der Waals surface area (Å²) in [5, 5.41) is 13.1. The fourth-order valence-electron chi connectivity index (χ4n) is 5.27. The van der Waals surface area contributed by atoms with E-state index in [2.05, 4.69) is 35.6 Å². The third-order valence-electron chi connectivity index (χ3n) is 6.84. The van der Waals surface area contributed by atoms with Crippen molar-refractivity contribution in [3.05, 3.63) is 96.1 Å². The Kier molecular flexibility index (Phi) is 7.63. The number of piperidine rings is 1. The molecular weight excluding hydrogens is 452 g/mol. The molecule has 0 spiro atoms. The van der Waals surface area contributed by atoms with Gasteiger partial charge in [-0.1, -0.05) is 106 Å². The molecule has 36 heavy (non-hydrogen) atoms. The summed E-state index contributed by atoms with van der Waals surface area (Å²) < 4.78 is 5.55. The average Bonchev–Trinajstić information content (AvgIpc) is 2.87. The van der Waals surface area contributed by atoms with E-state index in [0.717, 1.165) is 22.3 Å². The second-order valence-electron chi connectivity index (χ2n) is 10.4. The van der Waals surface area contributed by atoms with E-state index >= 15 is 0 Å². The number of hydrogen-bond acceptors (Lipinski definition) is 3. The number of hydrogen-bond donors (Lipinski definition) is 2. The lowest BCUT2D eigenvalue weighted by atomic mass is 9.71. The van der Waals surface area contributed by atoms with E-state index in [-0.39, 0.29) is 12.5 Å². The molecule has 2 N–H and O–H groups in total. The zero-order valence-electron chi connectivity index (χ0n) is 21.1. The second-order valence-corrected chi connectivity index (χ2v) is 10.4. The molecule has 1 fully saturated rings. The molecule has 3 aromatic carbocycles. The van der Waals surface area contributed by atoms with E-state index in [0.29, 0.717) is 13.0 Å². The maximum atomic E-state index is 13.0. The Morgan fingerprint density at radius 3 is 2.22 bits per heavy atom. The van der Waals surface area contributed by atoms with Crippen molar-refractivity contribution >= 4 is 12.2 Å². The van der Waals surface area contributed by atoms with Crippen LogP contribution in [0.4, 0.5) is 9.59 Å². The van der Waals surface area contributed by atoms with E-state index in [1.165, 1.54) is 4.90 Å². The van der Waals surface area contributed by atoms with Crippen molar-refractivity contribution < 1.29 is 19.4 Å². The number of benzene rings is 3. The standard InChI is InChI=1S/C30H34N2O4/c1-30(2,3)27-26(31-28(33)36-20-21-11-6-4-7-12-21)25(17-18-32(27)29(34)35)24-16-10-15-23(19-24)22-13-8-5-9-14-22/h4-16,19,25-27H,17-18,20H2,1-3H3,(H,31,33)(H,34,35)/t25-,26-,27?/m0/s1. The Bertz CT molecular complexity index is 1170. The molecule has 1 aliphatic rings. The summed E-state index contributed by atoms with van der Waals surface area (Å²) in [6.45, 7) is 6.59. The summed E-state index contributed by atoms with van der Waals surface area (Å²) in [6.07, 6.45) is -0.925. The quantitative estimate of drug-likeness (QED) is 0.430. The van der Waals surface area contributed by atoms with Gasteiger partial charge in [0, 0.05) is 12.5 Å². The molecule has 1 saturated heterocycles. The van der Waals surface area contributed by atoms with Crippen molar-refractivity contribution in [2.24, 2.45) is 5.41 Å². The van der Waals surface area contributed by atoms with Crippen LogP contribution in [0.2, 0.25) is 0 Å². The van der Waals surface area contributed by atoms with E-state index in [9.17, 15) is 14.7 Å². The van der Waals surface area contributed by atoms with Crippen LogP contribution in [0.5, 0.6) is 0 Å². The zero-order chi connectivity index (χ0) is 25.7. The lowest BCUT2D eigenvalue weighted by molar-refractivity contribution is 0.0264. The minimum Gasteiger partial charge on any atom is -0.465 e. The number of nitrogens with zero attached hydrogens (tertiary/aromatic N) is 1. The number of ether oxygens (including phenoxy) is 1. The fourth-order valence-corrected chi connectivity index (χ4v) is 5.27. The largest absolute Gasteiger partial charge is 0.465 e. The molecule has 0 aliphatic carbocycles. The lowest BCUT2D eigenvalue weighted by Crippen LogP contribution is -2.64. The van der Waals surface area contributed by atoms with E-state index in [1.807, 2.05) is 75.4 Å². The highest BCUT2D eigenvalue weighted by atomic mass is 16.5. The van der Waals surface area contributed by atoms with Gasteiger partial charge in [-0.15, -0.1) is 0 Å². The molecule has 3 aromatic rings. The highest BCUT2D eigenvalue weighted by Crippen LogP contribution is 2.40. The fraction of sp³-hybridized carbons (Fsp3) is 0.333. The zero-order valence-corrected chi connectivity index (χ0v) is 21.1. The smallest absolute Gasteiger partial charge is 0.407 e. The SMILES string of the molecule is CC(C)(C)C1[C@@H](NC(=O)OCc2ccccc2)[C@H](c2cccc(-c3ccccc3)c2)CCN1C(=O)O. The predicted octanol–water partition coefficient (Wildman–Crippen LogP) is 6.53. The first-order valence-corrected chi connectivity index (χ1v) is 12.4. The maximum absolute atomic E-state index is 13.0. The lowest BCUT2D eigenvalue weighted by Gasteiger charge is -2.50. The topological polar surface area (TPSA) is 78.9 Å². The molecule has 0 bridgehead atoms. The first-order chi connectivity index (χ1) is 17.2. The van der Waals surface area contributed by atoms with Crippen molar-refractivity contribution in [1.29, 1.82) is 0 Å². The van der Waals surface area contributed by atoms with Gasteiger partial charge in [0.05, 0.1) is 12.1 Å². The molecule has 6 heteroatoms. The van der Waals surface area contributed by atoms with Crippen molar-refractivity contribution in [3.8, 4) is 11.1 Å². The Morgan fingerprint density at radius 1 is 0.944 bits per heavy atom. The Labute approximate surface area is 212 Å². The molecule has 0 aromatic heterocycles. The maximum Gasteiger partial charge on any atom is 0.407 e. The minimum absolute atomic E-state index is 0.0715. The third kappa shape index (κ3) is 5.88. The summed E-state index contributed by atoms with van der Waals surface area (Å²) in [6, 6.07) is 27.1. The van der Waals surface area contributed by atoms with Gasteiger partial charge in [0.2, 0.25) is 0 Å². The van der Waals surface area contributed by atoms with Gasteiger partial charge in [-0.05, 0) is 34.1 Å². The van der Waals surface area contributed by atoms with Crippen molar-refractivity contribution in [3.63, 3.8) is 0 Å². The molecule has 0 radical (unpaired) electrons. The number of alkyl carbamates (subject to hydrolysis) is 1. The van der Waals surface area contributed by atoms with Crippen molar-refractivity contribution in [2.75, 3.05) is 6.54 Å². The average molecular weight is 487 g/mol. The Hall–Kier alpha value is -3.80. The molecule has 6 nitrogen and oxygen atoms in total. The van der Waals surface area contributed by atoms with Crippen LogP contribution in [0, 0.1) is 5.41 Å². The number of carbonyl (C=O) groups is 2. The Morgan fingerprint density at radius 2 is 1.58 bits per heavy atom. The van der Waals surface area contributed by atoms with Crippen LogP contribution in [0.15, 0.2) is 84.9 Å². The second kappa shape index (κ2) is 10.9. The van der Waals surface area contributed by atoms with Gasteiger partial charge >= 0.3 is 12.2 Å². The summed E-state index contributed by atoms with van der Waals surface area (Å²) in [5.41, 5.74) is 3.76. The van der Waals surface area contributed by atoms with Gasteiger partial charge in [0.25, 0.3) is 0 Å². The van der Waals surface area contributed by atoms with Crippen LogP contribution in [0.3, 0.4) is 0 Å². The molecule has 2 amide bonds. The van der Waals surface area contributed by atoms with Crippen LogP contribution in [0.1, 0.15) is 44.2 Å².